The average Bonchev–Trinajstić information content (AvgIpc) is 2.31. The van der Waals surface area contributed by atoms with Gasteiger partial charge in [-0.2, -0.15) is 5.06 Å². The zero-order valence-corrected chi connectivity index (χ0v) is 5.58. The van der Waals surface area contributed by atoms with Crippen LogP contribution in [0.2, 0.25) is 0 Å². The van der Waals surface area contributed by atoms with Crippen LogP contribution in [0.3, 0.4) is 0 Å². The number of hydrogen-bond acceptors (Lipinski definition) is 3. The van der Waals surface area contributed by atoms with E-state index in [0.29, 0.717) is 19.8 Å². The van der Waals surface area contributed by atoms with Gasteiger partial charge in [0.2, 0.25) is 0 Å². The van der Waals surface area contributed by atoms with E-state index in [4.69, 9.17) is 4.84 Å². The summed E-state index contributed by atoms with van der Waals surface area (Å²) in [7, 11) is 0. The second kappa shape index (κ2) is 3.22. The molecule has 1 fully saturated rings. The van der Waals surface area contributed by atoms with Crippen molar-refractivity contribution >= 4 is 6.09 Å². The smallest absolute Gasteiger partial charge is 0.434 e. The van der Waals surface area contributed by atoms with Gasteiger partial charge in [0.25, 0.3) is 0 Å². The molecule has 1 heterocycles. The maximum Gasteiger partial charge on any atom is 0.434 e. The number of carbonyl (C=O) groups excluding carboxylic acids is 1. The lowest BCUT2D eigenvalue weighted by Crippen LogP contribution is -2.24. The lowest BCUT2D eigenvalue weighted by Gasteiger charge is -2.09. The molecule has 0 atom stereocenters. The normalized spacial score (nSPS) is 17.2. The molecule has 1 aliphatic heterocycles. The summed E-state index contributed by atoms with van der Waals surface area (Å²) in [5, 5.41) is 1.18. The first-order valence-corrected chi connectivity index (χ1v) is 3.02. The lowest BCUT2D eigenvalue weighted by molar-refractivity contribution is -0.0942. The summed E-state index contributed by atoms with van der Waals surface area (Å²) in [5.41, 5.74) is 0. The highest BCUT2D eigenvalue weighted by Crippen LogP contribution is 2.02. The van der Waals surface area contributed by atoms with Gasteiger partial charge < -0.3 is 4.74 Å². The third-order valence-corrected chi connectivity index (χ3v) is 1.07. The Balaban J connectivity index is 2.26. The number of ether oxygens (including phenoxy) is 1. The van der Waals surface area contributed by atoms with Crippen LogP contribution in [0, 0.1) is 0 Å². The molecule has 0 aromatic heterocycles. The molecule has 1 aliphatic rings. The van der Waals surface area contributed by atoms with Crippen molar-refractivity contribution in [1.29, 1.82) is 0 Å². The zero-order valence-electron chi connectivity index (χ0n) is 5.58. The molecule has 0 spiro atoms. The van der Waals surface area contributed by atoms with Crippen LogP contribution in [0.25, 0.3) is 0 Å². The Morgan fingerprint density at radius 3 is 3.20 bits per heavy atom. The van der Waals surface area contributed by atoms with E-state index in [9.17, 15) is 4.79 Å². The van der Waals surface area contributed by atoms with Gasteiger partial charge in [-0.05, 0) is 0 Å². The minimum absolute atomic E-state index is 0.342. The summed E-state index contributed by atoms with van der Waals surface area (Å²) in [6.07, 6.45) is 1.16. The summed E-state index contributed by atoms with van der Waals surface area (Å²) < 4.78 is 4.59. The molecule has 1 amide bonds. The number of cyclic esters (lactones) is 1. The van der Waals surface area contributed by atoms with Crippen molar-refractivity contribution in [2.75, 3.05) is 19.8 Å². The van der Waals surface area contributed by atoms with E-state index >= 15 is 0 Å². The second-order valence-corrected chi connectivity index (χ2v) is 1.80. The first kappa shape index (κ1) is 7.08. The van der Waals surface area contributed by atoms with Gasteiger partial charge in [0.1, 0.15) is 6.61 Å². The zero-order chi connectivity index (χ0) is 7.40. The number of rotatable bonds is 3. The molecular formula is C6H9NO3. The van der Waals surface area contributed by atoms with Gasteiger partial charge in [-0.15, -0.1) is 6.58 Å². The van der Waals surface area contributed by atoms with Crippen molar-refractivity contribution < 1.29 is 14.4 Å². The fourth-order valence-electron chi connectivity index (χ4n) is 0.639. The Labute approximate surface area is 59.0 Å². The van der Waals surface area contributed by atoms with E-state index in [0.717, 1.165) is 0 Å². The van der Waals surface area contributed by atoms with Crippen molar-refractivity contribution in [3.63, 3.8) is 0 Å². The van der Waals surface area contributed by atoms with E-state index in [-0.39, 0.29) is 0 Å². The number of hydrogen-bond donors (Lipinski definition) is 0. The Bertz CT molecular complexity index is 146. The molecule has 0 bridgehead atoms. The molecule has 0 aliphatic carbocycles. The fraction of sp³-hybridized carbons (Fsp3) is 0.500. The third-order valence-electron chi connectivity index (χ3n) is 1.07. The first-order valence-electron chi connectivity index (χ1n) is 3.02. The molecule has 56 valence electrons. The molecule has 0 saturated carbocycles. The van der Waals surface area contributed by atoms with Crippen LogP contribution in [0.15, 0.2) is 12.7 Å². The SMILES string of the molecule is C=CCON1CCOC1=O. The van der Waals surface area contributed by atoms with Gasteiger partial charge >= 0.3 is 6.09 Å². The summed E-state index contributed by atoms with van der Waals surface area (Å²) in [4.78, 5) is 15.5. The van der Waals surface area contributed by atoms with Gasteiger partial charge in [0.15, 0.2) is 0 Å². The van der Waals surface area contributed by atoms with Gasteiger partial charge in [-0.3, -0.25) is 4.84 Å². The number of hydroxylamine groups is 2. The maximum atomic E-state index is 10.6. The Morgan fingerprint density at radius 2 is 2.70 bits per heavy atom. The third kappa shape index (κ3) is 1.48. The molecule has 10 heavy (non-hydrogen) atoms. The molecule has 4 nitrogen and oxygen atoms in total. The predicted molar refractivity (Wildman–Crippen MR) is 34.2 cm³/mol. The maximum absolute atomic E-state index is 10.6. The molecule has 0 radical (unpaired) electrons. The van der Waals surface area contributed by atoms with Crippen LogP contribution in [0.5, 0.6) is 0 Å². The second-order valence-electron chi connectivity index (χ2n) is 1.80. The largest absolute Gasteiger partial charge is 0.446 e. The standard InChI is InChI=1S/C6H9NO3/c1-2-4-10-7-3-5-9-6(7)8/h2H,1,3-5H2. The highest BCUT2D eigenvalue weighted by atomic mass is 16.7. The van der Waals surface area contributed by atoms with Crippen LogP contribution in [-0.2, 0) is 9.57 Å². The van der Waals surface area contributed by atoms with Crippen molar-refractivity contribution in [3.8, 4) is 0 Å². The van der Waals surface area contributed by atoms with Crippen molar-refractivity contribution in [2.45, 2.75) is 0 Å². The molecule has 1 rings (SSSR count). The fourth-order valence-corrected chi connectivity index (χ4v) is 0.639. The lowest BCUT2D eigenvalue weighted by atomic mass is 10.7. The van der Waals surface area contributed by atoms with E-state index in [1.54, 1.807) is 6.08 Å². The van der Waals surface area contributed by atoms with E-state index < -0.39 is 6.09 Å². The van der Waals surface area contributed by atoms with E-state index in [1.165, 1.54) is 5.06 Å². The Hall–Kier alpha value is -1.03. The van der Waals surface area contributed by atoms with Crippen molar-refractivity contribution in [3.05, 3.63) is 12.7 Å². The molecule has 0 unspecified atom stereocenters. The molecule has 0 N–H and O–H groups in total. The van der Waals surface area contributed by atoms with Gasteiger partial charge in [-0.25, -0.2) is 4.79 Å². The quantitative estimate of drug-likeness (QED) is 0.542. The molecule has 1 saturated heterocycles. The highest BCUT2D eigenvalue weighted by Gasteiger charge is 2.21. The Kier molecular flexibility index (Phi) is 2.28. The van der Waals surface area contributed by atoms with Crippen LogP contribution < -0.4 is 0 Å². The van der Waals surface area contributed by atoms with Gasteiger partial charge in [-0.1, -0.05) is 6.08 Å². The van der Waals surface area contributed by atoms with Crippen LogP contribution in [0.1, 0.15) is 0 Å². The number of amides is 1. The van der Waals surface area contributed by atoms with Crippen LogP contribution >= 0.6 is 0 Å². The van der Waals surface area contributed by atoms with Crippen LogP contribution in [0.4, 0.5) is 4.79 Å². The minimum atomic E-state index is -0.415. The molecule has 0 aromatic carbocycles. The molecule has 4 heteroatoms. The van der Waals surface area contributed by atoms with Crippen LogP contribution in [-0.4, -0.2) is 30.9 Å². The molecule has 0 aromatic rings. The summed E-state index contributed by atoms with van der Waals surface area (Å²) >= 11 is 0. The van der Waals surface area contributed by atoms with Gasteiger partial charge in [0.05, 0.1) is 13.2 Å². The van der Waals surface area contributed by atoms with Crippen molar-refractivity contribution in [1.82, 2.24) is 5.06 Å². The highest BCUT2D eigenvalue weighted by molar-refractivity contribution is 5.67. The van der Waals surface area contributed by atoms with Crippen molar-refractivity contribution in [2.24, 2.45) is 0 Å². The summed E-state index contributed by atoms with van der Waals surface area (Å²) in [6.45, 7) is 4.70. The average molecular weight is 143 g/mol. The number of carbonyl (C=O) groups is 1. The minimum Gasteiger partial charge on any atom is -0.446 e. The summed E-state index contributed by atoms with van der Waals surface area (Å²) in [5.74, 6) is 0. The predicted octanol–water partition coefficient (Wildman–Crippen LogP) is 0.556. The molecular weight excluding hydrogens is 134 g/mol. The monoisotopic (exact) mass is 143 g/mol. The first-order chi connectivity index (χ1) is 4.84. The van der Waals surface area contributed by atoms with E-state index in [2.05, 4.69) is 11.3 Å². The topological polar surface area (TPSA) is 38.8 Å². The van der Waals surface area contributed by atoms with Gasteiger partial charge in [0, 0.05) is 0 Å². The number of nitrogens with zero attached hydrogens (tertiary/aromatic N) is 1. The van der Waals surface area contributed by atoms with E-state index in [1.807, 2.05) is 0 Å². The summed E-state index contributed by atoms with van der Waals surface area (Å²) in [6, 6.07) is 0. The Morgan fingerprint density at radius 1 is 1.90 bits per heavy atom.